The van der Waals surface area contributed by atoms with Crippen molar-refractivity contribution in [3.8, 4) is 0 Å². The SMILES string of the molecule is CC=C=C(CCCC)[Si](C)(C)C. The molecular formula is C11H22Si. The Bertz CT molecular complexity index is 178. The highest BCUT2D eigenvalue weighted by Crippen LogP contribution is 2.19. The molecule has 0 saturated heterocycles. The molecule has 12 heavy (non-hydrogen) atoms. The van der Waals surface area contributed by atoms with Crippen molar-refractivity contribution in [2.75, 3.05) is 0 Å². The van der Waals surface area contributed by atoms with Gasteiger partial charge < -0.3 is 0 Å². The predicted molar refractivity (Wildman–Crippen MR) is 60.1 cm³/mol. The molecule has 0 aliphatic rings. The first-order valence-electron chi connectivity index (χ1n) is 4.93. The molecule has 0 aromatic rings. The van der Waals surface area contributed by atoms with Crippen molar-refractivity contribution in [1.29, 1.82) is 0 Å². The maximum absolute atomic E-state index is 3.41. The molecule has 0 spiro atoms. The van der Waals surface area contributed by atoms with Gasteiger partial charge in [-0.15, -0.1) is 5.73 Å². The third-order valence-electron chi connectivity index (χ3n) is 2.00. The molecule has 0 atom stereocenters. The van der Waals surface area contributed by atoms with Gasteiger partial charge in [0.05, 0.1) is 8.07 Å². The minimum absolute atomic E-state index is 1.07. The predicted octanol–water partition coefficient (Wildman–Crippen LogP) is 4.16. The summed E-state index contributed by atoms with van der Waals surface area (Å²) >= 11 is 0. The minimum Gasteiger partial charge on any atom is -0.131 e. The summed E-state index contributed by atoms with van der Waals surface area (Å²) in [6.07, 6.45) is 5.93. The molecule has 0 aliphatic carbocycles. The maximum atomic E-state index is 3.41. The molecule has 0 amide bonds. The van der Waals surface area contributed by atoms with E-state index in [1.807, 2.05) is 0 Å². The molecule has 0 rings (SSSR count). The van der Waals surface area contributed by atoms with E-state index < -0.39 is 8.07 Å². The van der Waals surface area contributed by atoms with Crippen molar-refractivity contribution in [3.63, 3.8) is 0 Å². The molecule has 0 radical (unpaired) electrons. The summed E-state index contributed by atoms with van der Waals surface area (Å²) in [5.74, 6) is 0. The highest BCUT2D eigenvalue weighted by atomic mass is 28.3. The number of hydrogen-bond acceptors (Lipinski definition) is 0. The van der Waals surface area contributed by atoms with E-state index in [0.29, 0.717) is 0 Å². The topological polar surface area (TPSA) is 0 Å². The van der Waals surface area contributed by atoms with E-state index in [9.17, 15) is 0 Å². The first-order chi connectivity index (χ1) is 5.52. The van der Waals surface area contributed by atoms with Crippen LogP contribution in [0.3, 0.4) is 0 Å². The lowest BCUT2D eigenvalue weighted by Gasteiger charge is -2.18. The van der Waals surface area contributed by atoms with Gasteiger partial charge in [0.1, 0.15) is 0 Å². The smallest absolute Gasteiger partial charge is 0.0823 e. The second-order valence-electron chi connectivity index (χ2n) is 4.27. The van der Waals surface area contributed by atoms with Gasteiger partial charge >= 0.3 is 0 Å². The monoisotopic (exact) mass is 182 g/mol. The Hall–Kier alpha value is -0.263. The average molecular weight is 182 g/mol. The number of unbranched alkanes of at least 4 members (excludes halogenated alkanes) is 1. The van der Waals surface area contributed by atoms with Crippen molar-refractivity contribution >= 4 is 8.07 Å². The number of rotatable bonds is 4. The Morgan fingerprint density at radius 2 is 1.92 bits per heavy atom. The van der Waals surface area contributed by atoms with Crippen molar-refractivity contribution in [2.24, 2.45) is 0 Å². The van der Waals surface area contributed by atoms with E-state index >= 15 is 0 Å². The van der Waals surface area contributed by atoms with Crippen LogP contribution in [0.25, 0.3) is 0 Å². The van der Waals surface area contributed by atoms with Gasteiger partial charge in [0.2, 0.25) is 0 Å². The van der Waals surface area contributed by atoms with E-state index in [4.69, 9.17) is 0 Å². The van der Waals surface area contributed by atoms with Gasteiger partial charge in [-0.25, -0.2) is 0 Å². The third-order valence-corrected chi connectivity index (χ3v) is 4.21. The van der Waals surface area contributed by atoms with Crippen LogP contribution in [-0.4, -0.2) is 8.07 Å². The molecule has 0 N–H and O–H groups in total. The van der Waals surface area contributed by atoms with Gasteiger partial charge in [0, 0.05) is 0 Å². The highest BCUT2D eigenvalue weighted by molar-refractivity contribution is 6.83. The van der Waals surface area contributed by atoms with Crippen LogP contribution >= 0.6 is 0 Å². The average Bonchev–Trinajstić information content (AvgIpc) is 1.95. The highest BCUT2D eigenvalue weighted by Gasteiger charge is 2.18. The molecule has 0 aliphatic heterocycles. The van der Waals surface area contributed by atoms with E-state index in [2.05, 4.69) is 45.3 Å². The van der Waals surface area contributed by atoms with Gasteiger partial charge in [0.25, 0.3) is 0 Å². The Balaban J connectivity index is 4.37. The Morgan fingerprint density at radius 3 is 2.25 bits per heavy atom. The van der Waals surface area contributed by atoms with Gasteiger partial charge in [-0.2, -0.15) is 0 Å². The zero-order valence-corrected chi connectivity index (χ0v) is 10.2. The zero-order chi connectivity index (χ0) is 9.61. The molecule has 0 aromatic heterocycles. The molecular weight excluding hydrogens is 160 g/mol. The summed E-state index contributed by atoms with van der Waals surface area (Å²) in [5, 5.41) is 1.59. The molecule has 0 heterocycles. The fourth-order valence-corrected chi connectivity index (χ4v) is 2.70. The van der Waals surface area contributed by atoms with E-state index in [1.54, 1.807) is 5.20 Å². The Kier molecular flexibility index (Phi) is 5.28. The molecule has 0 aromatic carbocycles. The summed E-state index contributed by atoms with van der Waals surface area (Å²) in [4.78, 5) is 0. The van der Waals surface area contributed by atoms with E-state index in [1.165, 1.54) is 19.3 Å². The second kappa shape index (κ2) is 5.39. The lowest BCUT2D eigenvalue weighted by molar-refractivity contribution is 0.803. The maximum Gasteiger partial charge on any atom is 0.0823 e. The zero-order valence-electron chi connectivity index (χ0n) is 9.20. The normalized spacial score (nSPS) is 10.8. The quantitative estimate of drug-likeness (QED) is 0.452. The number of hydrogen-bond donors (Lipinski definition) is 0. The molecule has 0 nitrogen and oxygen atoms in total. The van der Waals surface area contributed by atoms with Gasteiger partial charge in [-0.1, -0.05) is 33.0 Å². The molecule has 0 unspecified atom stereocenters. The van der Waals surface area contributed by atoms with E-state index in [-0.39, 0.29) is 0 Å². The molecule has 0 bridgehead atoms. The van der Waals surface area contributed by atoms with Gasteiger partial charge in [-0.05, 0) is 31.0 Å². The molecule has 1 heteroatoms. The minimum atomic E-state index is -1.07. The lowest BCUT2D eigenvalue weighted by atomic mass is 10.2. The van der Waals surface area contributed by atoms with Crippen LogP contribution in [0.15, 0.2) is 17.0 Å². The summed E-state index contributed by atoms with van der Waals surface area (Å²) < 4.78 is 0. The fraction of sp³-hybridized carbons (Fsp3) is 0.727. The van der Waals surface area contributed by atoms with Crippen molar-refractivity contribution in [1.82, 2.24) is 0 Å². The van der Waals surface area contributed by atoms with Crippen LogP contribution in [-0.2, 0) is 0 Å². The first-order valence-corrected chi connectivity index (χ1v) is 8.43. The molecule has 0 fully saturated rings. The summed E-state index contributed by atoms with van der Waals surface area (Å²) in [7, 11) is -1.07. The lowest BCUT2D eigenvalue weighted by Crippen LogP contribution is -2.23. The standard InChI is InChI=1S/C11H22Si/c1-6-8-10-11(9-7-2)12(3,4)5/h7H,6,8,10H2,1-5H3. The first kappa shape index (κ1) is 11.7. The van der Waals surface area contributed by atoms with Crippen LogP contribution in [0.4, 0.5) is 0 Å². The van der Waals surface area contributed by atoms with Gasteiger partial charge in [-0.3, -0.25) is 0 Å². The van der Waals surface area contributed by atoms with Gasteiger partial charge in [0.15, 0.2) is 0 Å². The Morgan fingerprint density at radius 1 is 1.33 bits per heavy atom. The van der Waals surface area contributed by atoms with E-state index in [0.717, 1.165) is 0 Å². The number of allylic oxidation sites excluding steroid dienone is 1. The van der Waals surface area contributed by atoms with Crippen molar-refractivity contribution in [3.05, 3.63) is 17.0 Å². The molecule has 0 saturated carbocycles. The van der Waals surface area contributed by atoms with Crippen LogP contribution < -0.4 is 0 Å². The Labute approximate surface area is 78.4 Å². The third kappa shape index (κ3) is 4.58. The largest absolute Gasteiger partial charge is 0.131 e. The fourth-order valence-electron chi connectivity index (χ4n) is 1.19. The second-order valence-corrected chi connectivity index (χ2v) is 9.37. The van der Waals surface area contributed by atoms with Crippen LogP contribution in [0.5, 0.6) is 0 Å². The summed E-state index contributed by atoms with van der Waals surface area (Å²) in [5.41, 5.74) is 3.41. The summed E-state index contributed by atoms with van der Waals surface area (Å²) in [6, 6.07) is 0. The van der Waals surface area contributed by atoms with Crippen LogP contribution in [0.2, 0.25) is 19.6 Å². The van der Waals surface area contributed by atoms with Crippen molar-refractivity contribution < 1.29 is 0 Å². The van der Waals surface area contributed by atoms with Crippen LogP contribution in [0, 0.1) is 0 Å². The van der Waals surface area contributed by atoms with Crippen LogP contribution in [0.1, 0.15) is 33.1 Å². The molecule has 70 valence electrons. The van der Waals surface area contributed by atoms with Crippen molar-refractivity contribution in [2.45, 2.75) is 52.8 Å². The summed E-state index contributed by atoms with van der Waals surface area (Å²) in [6.45, 7) is 11.5.